The normalized spacial score (nSPS) is 26.1. The van der Waals surface area contributed by atoms with Gasteiger partial charge in [0.05, 0.1) is 12.2 Å². The van der Waals surface area contributed by atoms with Gasteiger partial charge in [-0.3, -0.25) is 0 Å². The van der Waals surface area contributed by atoms with Gasteiger partial charge >= 0.3 is 0 Å². The second-order valence-electron chi connectivity index (χ2n) is 8.43. The monoisotopic (exact) mass is 366 g/mol. The first-order chi connectivity index (χ1) is 12.8. The number of ether oxygens (including phenoxy) is 1. The third-order valence-electron chi connectivity index (χ3n) is 5.85. The highest BCUT2D eigenvalue weighted by Gasteiger charge is 2.10. The van der Waals surface area contributed by atoms with E-state index in [1.807, 2.05) is 0 Å². The Balaban J connectivity index is 2.24. The fourth-order valence-corrected chi connectivity index (χ4v) is 4.06. The van der Waals surface area contributed by atoms with Crippen molar-refractivity contribution in [2.24, 2.45) is 0 Å². The van der Waals surface area contributed by atoms with Gasteiger partial charge in [-0.15, -0.1) is 0 Å². The third-order valence-corrected chi connectivity index (χ3v) is 5.85. The molecular formula is C24H46O2. The molecule has 2 radical (unpaired) electrons. The molecule has 0 N–H and O–H groups in total. The predicted octanol–water partition coefficient (Wildman–Crippen LogP) is 7.82. The molecule has 0 amide bonds. The maximum atomic E-state index is 11.9. The highest BCUT2D eigenvalue weighted by atomic mass is 16.5. The predicted molar refractivity (Wildman–Crippen MR) is 112 cm³/mol. The van der Waals surface area contributed by atoms with Crippen molar-refractivity contribution in [3.05, 3.63) is 6.92 Å². The SMILES string of the molecule is [CH2]CCCCCOC1CCCCCCCCC([O])CCCCCCCC1. The number of unbranched alkanes of at least 4 members (excludes halogenated alkanes) is 3. The minimum Gasteiger partial charge on any atom is -0.378 e. The van der Waals surface area contributed by atoms with Gasteiger partial charge in [-0.2, -0.15) is 0 Å². The Morgan fingerprint density at radius 1 is 0.615 bits per heavy atom. The number of rotatable bonds is 6. The maximum absolute atomic E-state index is 11.9. The van der Waals surface area contributed by atoms with Gasteiger partial charge in [-0.25, -0.2) is 5.11 Å². The summed E-state index contributed by atoms with van der Waals surface area (Å²) < 4.78 is 6.23. The van der Waals surface area contributed by atoms with Gasteiger partial charge in [0.2, 0.25) is 0 Å². The van der Waals surface area contributed by atoms with Crippen LogP contribution in [-0.4, -0.2) is 18.8 Å². The van der Waals surface area contributed by atoms with Crippen molar-refractivity contribution in [3.63, 3.8) is 0 Å². The Hall–Kier alpha value is -0.0800. The summed E-state index contributed by atoms with van der Waals surface area (Å²) in [6, 6.07) is 0. The molecule has 0 spiro atoms. The molecule has 1 fully saturated rings. The molecule has 1 rings (SSSR count). The summed E-state index contributed by atoms with van der Waals surface area (Å²) in [5.74, 6) is 0. The summed E-state index contributed by atoms with van der Waals surface area (Å²) >= 11 is 0. The van der Waals surface area contributed by atoms with Gasteiger partial charge < -0.3 is 4.74 Å². The van der Waals surface area contributed by atoms with Crippen LogP contribution in [-0.2, 0) is 9.84 Å². The first-order valence-corrected chi connectivity index (χ1v) is 11.9. The minimum absolute atomic E-state index is 0.291. The fourth-order valence-electron chi connectivity index (χ4n) is 4.06. The summed E-state index contributed by atoms with van der Waals surface area (Å²) in [7, 11) is 0. The van der Waals surface area contributed by atoms with Gasteiger partial charge in [-0.1, -0.05) is 103 Å². The first kappa shape index (κ1) is 24.0. The topological polar surface area (TPSA) is 29.1 Å². The van der Waals surface area contributed by atoms with E-state index < -0.39 is 0 Å². The average molecular weight is 367 g/mol. The number of hydrogen-bond donors (Lipinski definition) is 0. The van der Waals surface area contributed by atoms with Gasteiger partial charge in [-0.05, 0) is 32.1 Å². The molecular weight excluding hydrogens is 320 g/mol. The molecule has 0 heterocycles. The molecule has 0 aromatic carbocycles. The molecule has 26 heavy (non-hydrogen) atoms. The zero-order chi connectivity index (χ0) is 18.7. The molecule has 0 unspecified atom stereocenters. The lowest BCUT2D eigenvalue weighted by Crippen LogP contribution is -2.14. The van der Waals surface area contributed by atoms with E-state index in [2.05, 4.69) is 6.92 Å². The summed E-state index contributed by atoms with van der Waals surface area (Å²) in [6.45, 7) is 4.86. The Morgan fingerprint density at radius 3 is 1.58 bits per heavy atom. The molecule has 0 saturated heterocycles. The Labute approximate surface area is 164 Å². The van der Waals surface area contributed by atoms with E-state index in [9.17, 15) is 5.11 Å². The van der Waals surface area contributed by atoms with Crippen molar-refractivity contribution < 1.29 is 9.84 Å². The highest BCUT2D eigenvalue weighted by molar-refractivity contribution is 4.62. The Bertz CT molecular complexity index is 259. The van der Waals surface area contributed by atoms with Crippen LogP contribution in [0.3, 0.4) is 0 Å². The van der Waals surface area contributed by atoms with Crippen molar-refractivity contribution in [2.45, 2.75) is 141 Å². The molecule has 2 nitrogen and oxygen atoms in total. The Kier molecular flexibility index (Phi) is 16.9. The summed E-state index contributed by atoms with van der Waals surface area (Å²) in [5, 5.41) is 11.9. The van der Waals surface area contributed by atoms with E-state index in [1.54, 1.807) is 0 Å². The highest BCUT2D eigenvalue weighted by Crippen LogP contribution is 2.19. The molecule has 1 saturated carbocycles. The lowest BCUT2D eigenvalue weighted by molar-refractivity contribution is 0.0357. The average Bonchev–Trinajstić information content (AvgIpc) is 2.64. The second kappa shape index (κ2) is 18.3. The molecule has 2 heteroatoms. The van der Waals surface area contributed by atoms with Crippen molar-refractivity contribution in [2.75, 3.05) is 6.61 Å². The van der Waals surface area contributed by atoms with Crippen LogP contribution < -0.4 is 0 Å². The maximum Gasteiger partial charge on any atom is 0.0930 e. The van der Waals surface area contributed by atoms with Crippen LogP contribution in [0.15, 0.2) is 0 Å². The second-order valence-corrected chi connectivity index (χ2v) is 8.43. The van der Waals surface area contributed by atoms with E-state index in [0.29, 0.717) is 6.10 Å². The summed E-state index contributed by atoms with van der Waals surface area (Å²) in [4.78, 5) is 0. The third kappa shape index (κ3) is 15.0. The van der Waals surface area contributed by atoms with Crippen molar-refractivity contribution in [3.8, 4) is 0 Å². The van der Waals surface area contributed by atoms with Crippen LogP contribution >= 0.6 is 0 Å². The van der Waals surface area contributed by atoms with E-state index in [1.165, 1.54) is 96.3 Å². The number of hydrogen-bond acceptors (Lipinski definition) is 1. The molecule has 1 aliphatic carbocycles. The van der Waals surface area contributed by atoms with Crippen LogP contribution in [0.25, 0.3) is 0 Å². The first-order valence-electron chi connectivity index (χ1n) is 11.9. The summed E-state index contributed by atoms with van der Waals surface area (Å²) in [6.07, 6.45) is 24.7. The standard InChI is InChI=1S/C24H46O2/c1-2-3-4-17-22-26-24-20-15-11-7-5-9-13-18-23(25)19-14-10-6-8-12-16-21-24/h23-24H,1-22H2. The molecule has 0 aromatic heterocycles. The summed E-state index contributed by atoms with van der Waals surface area (Å²) in [5.41, 5.74) is 0. The quantitative estimate of drug-likeness (QED) is 0.440. The van der Waals surface area contributed by atoms with Gasteiger partial charge in [0, 0.05) is 6.61 Å². The zero-order valence-corrected chi connectivity index (χ0v) is 17.5. The van der Waals surface area contributed by atoms with Crippen LogP contribution in [0.1, 0.15) is 128 Å². The van der Waals surface area contributed by atoms with E-state index in [4.69, 9.17) is 4.74 Å². The van der Waals surface area contributed by atoms with Crippen molar-refractivity contribution in [1.82, 2.24) is 0 Å². The van der Waals surface area contributed by atoms with Gasteiger partial charge in [0.15, 0.2) is 0 Å². The molecule has 0 bridgehead atoms. The van der Waals surface area contributed by atoms with E-state index >= 15 is 0 Å². The molecule has 0 aliphatic heterocycles. The smallest absolute Gasteiger partial charge is 0.0930 e. The molecule has 0 atom stereocenters. The lowest BCUT2D eigenvalue weighted by Gasteiger charge is -2.18. The van der Waals surface area contributed by atoms with Crippen LogP contribution in [0.4, 0.5) is 0 Å². The fraction of sp³-hybridized carbons (Fsp3) is 0.958. The van der Waals surface area contributed by atoms with Crippen molar-refractivity contribution >= 4 is 0 Å². The van der Waals surface area contributed by atoms with E-state index in [0.717, 1.165) is 38.7 Å². The lowest BCUT2D eigenvalue weighted by atomic mass is 9.99. The van der Waals surface area contributed by atoms with Crippen LogP contribution in [0, 0.1) is 6.92 Å². The van der Waals surface area contributed by atoms with Gasteiger partial charge in [0.1, 0.15) is 0 Å². The largest absolute Gasteiger partial charge is 0.378 e. The van der Waals surface area contributed by atoms with E-state index in [-0.39, 0.29) is 6.10 Å². The molecule has 1 aliphatic rings. The minimum atomic E-state index is -0.291. The van der Waals surface area contributed by atoms with Crippen LogP contribution in [0.5, 0.6) is 0 Å². The molecule has 154 valence electrons. The molecule has 0 aromatic rings. The Morgan fingerprint density at radius 2 is 1.08 bits per heavy atom. The zero-order valence-electron chi connectivity index (χ0n) is 17.5. The van der Waals surface area contributed by atoms with Crippen LogP contribution in [0.2, 0.25) is 0 Å². The van der Waals surface area contributed by atoms with Crippen molar-refractivity contribution in [1.29, 1.82) is 0 Å². The van der Waals surface area contributed by atoms with Gasteiger partial charge in [0.25, 0.3) is 0 Å².